The molecule has 7 heteroatoms. The van der Waals surface area contributed by atoms with E-state index in [1.165, 1.54) is 19.6 Å². The molecule has 0 amide bonds. The first kappa shape index (κ1) is 23.4. The first-order chi connectivity index (χ1) is 13.5. The molecule has 0 unspecified atom stereocenters. The lowest BCUT2D eigenvalue weighted by Crippen LogP contribution is -2.21. The van der Waals surface area contributed by atoms with Crippen molar-refractivity contribution in [2.24, 2.45) is 10.2 Å². The van der Waals surface area contributed by atoms with Gasteiger partial charge < -0.3 is 15.3 Å². The quantitative estimate of drug-likeness (QED) is 0.441. The van der Waals surface area contributed by atoms with E-state index in [1.807, 2.05) is 30.3 Å². The molecule has 0 bridgehead atoms. The Morgan fingerprint density at radius 2 is 1.43 bits per heavy atom. The van der Waals surface area contributed by atoms with Crippen molar-refractivity contribution in [2.75, 3.05) is 25.0 Å². The Kier molecular flexibility index (Phi) is 11.3. The fourth-order valence-corrected chi connectivity index (χ4v) is 2.48. The van der Waals surface area contributed by atoms with Gasteiger partial charge in [0.1, 0.15) is 0 Å². The predicted octanol–water partition coefficient (Wildman–Crippen LogP) is 5.66. The average Bonchev–Trinajstić information content (AvgIpc) is 2.69. The summed E-state index contributed by atoms with van der Waals surface area (Å²) in [5, 5.41) is 19.7. The highest BCUT2D eigenvalue weighted by atomic mass is 32.1. The Morgan fingerprint density at radius 1 is 0.929 bits per heavy atom. The van der Waals surface area contributed by atoms with Gasteiger partial charge in [0.2, 0.25) is 0 Å². The Hall–Kier alpha value is -2.64. The highest BCUT2D eigenvalue weighted by Crippen LogP contribution is 2.20. The van der Waals surface area contributed by atoms with Crippen LogP contribution >= 0.6 is 12.2 Å². The molecule has 0 saturated heterocycles. The summed E-state index contributed by atoms with van der Waals surface area (Å²) in [7, 11) is 0. The highest BCUT2D eigenvalue weighted by molar-refractivity contribution is 7.80. The van der Waals surface area contributed by atoms with Crippen LogP contribution in [0.25, 0.3) is 0 Å². The van der Waals surface area contributed by atoms with Crippen LogP contribution in [0, 0.1) is 0 Å². The summed E-state index contributed by atoms with van der Waals surface area (Å²) < 4.78 is 0. The number of aliphatic carboxylic acids is 1. The molecular weight excluding hydrogens is 372 g/mol. The van der Waals surface area contributed by atoms with Gasteiger partial charge in [-0.25, -0.2) is 0 Å². The molecule has 0 spiro atoms. The molecule has 2 rings (SSSR count). The number of thiocarbonyl (C=S) groups is 1. The summed E-state index contributed by atoms with van der Waals surface area (Å²) in [6, 6.07) is 16.5. The lowest BCUT2D eigenvalue weighted by Gasteiger charge is -2.13. The van der Waals surface area contributed by atoms with E-state index in [0.717, 1.165) is 11.4 Å². The third-order valence-electron chi connectivity index (χ3n) is 3.84. The fraction of sp³-hybridized carbons (Fsp3) is 0.333. The average molecular weight is 401 g/mol. The smallest absolute Gasteiger partial charge is 0.310 e. The zero-order valence-corrected chi connectivity index (χ0v) is 17.4. The molecule has 28 heavy (non-hydrogen) atoms. The van der Waals surface area contributed by atoms with Gasteiger partial charge >= 0.3 is 5.97 Å². The maximum Gasteiger partial charge on any atom is 0.310 e. The van der Waals surface area contributed by atoms with Gasteiger partial charge in [0.05, 0.1) is 22.8 Å². The van der Waals surface area contributed by atoms with Gasteiger partial charge in [-0.05, 0) is 56.0 Å². The number of azo groups is 1. The van der Waals surface area contributed by atoms with E-state index in [1.54, 1.807) is 24.3 Å². The molecule has 0 aliphatic rings. The number of rotatable bonds is 8. The van der Waals surface area contributed by atoms with Gasteiger partial charge in [0.15, 0.2) is 0 Å². The zero-order chi connectivity index (χ0) is 20.8. The minimum absolute atomic E-state index is 0.190. The minimum Gasteiger partial charge on any atom is -0.481 e. The number of nitrogens with zero attached hydrogens (tertiary/aromatic N) is 3. The number of benzene rings is 2. The zero-order valence-electron chi connectivity index (χ0n) is 16.6. The summed E-state index contributed by atoms with van der Waals surface area (Å²) in [6.45, 7) is 10.1. The molecule has 0 aliphatic carbocycles. The number of anilines is 1. The van der Waals surface area contributed by atoms with Crippen LogP contribution in [0.5, 0.6) is 0 Å². The van der Waals surface area contributed by atoms with Crippen LogP contribution in [0.4, 0.5) is 17.1 Å². The highest BCUT2D eigenvalue weighted by Gasteiger charge is 2.03. The second-order valence-corrected chi connectivity index (χ2v) is 6.31. The van der Waals surface area contributed by atoms with Crippen molar-refractivity contribution >= 4 is 40.2 Å². The Balaban J connectivity index is 0.000000480. The van der Waals surface area contributed by atoms with Crippen molar-refractivity contribution in [3.8, 4) is 0 Å². The first-order valence-corrected chi connectivity index (χ1v) is 9.70. The number of carbonyl (C=O) groups is 1. The van der Waals surface area contributed by atoms with Crippen LogP contribution in [0.3, 0.4) is 0 Å². The summed E-state index contributed by atoms with van der Waals surface area (Å²) in [5.74, 6) is -0.958. The van der Waals surface area contributed by atoms with Crippen molar-refractivity contribution in [3.05, 3.63) is 54.6 Å². The molecule has 2 aromatic rings. The number of nitrogens with one attached hydrogen (secondary N) is 1. The molecule has 0 heterocycles. The van der Waals surface area contributed by atoms with Crippen LogP contribution < -0.4 is 5.32 Å². The summed E-state index contributed by atoms with van der Waals surface area (Å²) in [5.41, 5.74) is 2.20. The maximum absolute atomic E-state index is 10.5. The predicted molar refractivity (Wildman–Crippen MR) is 119 cm³/mol. The van der Waals surface area contributed by atoms with Crippen molar-refractivity contribution in [2.45, 2.75) is 27.2 Å². The van der Waals surface area contributed by atoms with Crippen molar-refractivity contribution in [3.63, 3.8) is 0 Å². The number of carboxylic acid groups (broad SMARTS) is 1. The number of hydrogen-bond acceptors (Lipinski definition) is 5. The van der Waals surface area contributed by atoms with Crippen LogP contribution in [-0.2, 0) is 4.79 Å². The number of hydrogen-bond donors (Lipinski definition) is 2. The third-order valence-corrected chi connectivity index (χ3v) is 4.09. The van der Waals surface area contributed by atoms with E-state index in [0.29, 0.717) is 5.69 Å². The van der Waals surface area contributed by atoms with Gasteiger partial charge in [-0.3, -0.25) is 4.79 Å². The fourth-order valence-electron chi connectivity index (χ4n) is 2.23. The van der Waals surface area contributed by atoms with E-state index in [2.05, 4.69) is 41.2 Å². The molecule has 0 atom stereocenters. The van der Waals surface area contributed by atoms with E-state index in [9.17, 15) is 4.79 Å². The van der Waals surface area contributed by atoms with Gasteiger partial charge in [0.25, 0.3) is 0 Å². The topological polar surface area (TPSA) is 77.3 Å². The van der Waals surface area contributed by atoms with Crippen molar-refractivity contribution in [1.29, 1.82) is 0 Å². The van der Waals surface area contributed by atoms with Gasteiger partial charge in [-0.15, -0.1) is 0 Å². The molecule has 150 valence electrons. The summed E-state index contributed by atoms with van der Waals surface area (Å²) >= 11 is 4.93. The Morgan fingerprint density at radius 3 is 1.86 bits per heavy atom. The standard InChI is InChI=1S/C15H13N3O2S.C6H15N/c19-15(20)10-14(21)16-11-6-8-13(9-7-11)18-17-12-4-2-1-3-5-12;1-4-7(5-2)6-3/h1-9H,10H2,(H,16,21)(H,19,20);4-6H2,1-3H3. The molecule has 0 fully saturated rings. The number of carboxylic acids is 1. The van der Waals surface area contributed by atoms with Crippen LogP contribution in [0.15, 0.2) is 64.8 Å². The van der Waals surface area contributed by atoms with Crippen LogP contribution in [0.2, 0.25) is 0 Å². The molecule has 2 aromatic carbocycles. The minimum atomic E-state index is -0.958. The monoisotopic (exact) mass is 400 g/mol. The van der Waals surface area contributed by atoms with E-state index < -0.39 is 5.97 Å². The van der Waals surface area contributed by atoms with E-state index in [-0.39, 0.29) is 11.4 Å². The maximum atomic E-state index is 10.5. The van der Waals surface area contributed by atoms with Gasteiger partial charge in [-0.1, -0.05) is 51.2 Å². The lowest BCUT2D eigenvalue weighted by atomic mass is 10.3. The molecule has 6 nitrogen and oxygen atoms in total. The summed E-state index contributed by atoms with van der Waals surface area (Å²) in [6.07, 6.45) is -0.190. The first-order valence-electron chi connectivity index (χ1n) is 9.29. The van der Waals surface area contributed by atoms with E-state index in [4.69, 9.17) is 17.3 Å². The van der Waals surface area contributed by atoms with Crippen molar-refractivity contribution < 1.29 is 9.90 Å². The second kappa shape index (κ2) is 13.5. The molecular formula is C21H28N4O2S. The largest absolute Gasteiger partial charge is 0.481 e. The van der Waals surface area contributed by atoms with Gasteiger partial charge in [-0.2, -0.15) is 10.2 Å². The van der Waals surface area contributed by atoms with Gasteiger partial charge in [0, 0.05) is 5.69 Å². The summed E-state index contributed by atoms with van der Waals surface area (Å²) in [4.78, 5) is 13.2. The normalized spacial score (nSPS) is 10.4. The SMILES string of the molecule is CCN(CC)CC.O=C(O)CC(=S)Nc1ccc(N=Nc2ccccc2)cc1. The van der Waals surface area contributed by atoms with Crippen LogP contribution in [0.1, 0.15) is 27.2 Å². The molecule has 2 N–H and O–H groups in total. The lowest BCUT2D eigenvalue weighted by molar-refractivity contribution is -0.135. The van der Waals surface area contributed by atoms with Crippen molar-refractivity contribution in [1.82, 2.24) is 4.90 Å². The molecule has 0 aromatic heterocycles. The Labute approximate surface area is 172 Å². The molecule has 0 saturated carbocycles. The Bertz CT molecular complexity index is 739. The molecule has 0 aliphatic heterocycles. The molecule has 0 radical (unpaired) electrons. The third kappa shape index (κ3) is 9.89. The van der Waals surface area contributed by atoms with Crippen LogP contribution in [-0.4, -0.2) is 40.6 Å². The second-order valence-electron chi connectivity index (χ2n) is 5.82. The van der Waals surface area contributed by atoms with E-state index >= 15 is 0 Å².